The van der Waals surface area contributed by atoms with E-state index in [-0.39, 0.29) is 5.91 Å². The van der Waals surface area contributed by atoms with Crippen LogP contribution in [0.3, 0.4) is 0 Å². The van der Waals surface area contributed by atoms with Crippen molar-refractivity contribution in [3.05, 3.63) is 65.1 Å². The highest BCUT2D eigenvalue weighted by atomic mass is 16.5. The molecular formula is C19H20N4O2. The van der Waals surface area contributed by atoms with Gasteiger partial charge >= 0.3 is 0 Å². The predicted molar refractivity (Wildman–Crippen MR) is 93.7 cm³/mol. The van der Waals surface area contributed by atoms with Crippen LogP contribution in [0.4, 0.5) is 5.69 Å². The van der Waals surface area contributed by atoms with Crippen molar-refractivity contribution in [2.24, 2.45) is 0 Å². The van der Waals surface area contributed by atoms with E-state index < -0.39 is 0 Å². The fourth-order valence-electron chi connectivity index (χ4n) is 2.98. The summed E-state index contributed by atoms with van der Waals surface area (Å²) < 4.78 is 7.12. The molecule has 0 atom stereocenters. The maximum atomic E-state index is 12.6. The minimum atomic E-state index is -0.152. The maximum absolute atomic E-state index is 12.6. The van der Waals surface area contributed by atoms with Crippen molar-refractivity contribution in [2.75, 3.05) is 5.32 Å². The fourth-order valence-corrected chi connectivity index (χ4v) is 2.98. The van der Waals surface area contributed by atoms with Crippen LogP contribution in [0.15, 0.2) is 41.1 Å². The van der Waals surface area contributed by atoms with Gasteiger partial charge in [0.05, 0.1) is 6.54 Å². The summed E-state index contributed by atoms with van der Waals surface area (Å²) >= 11 is 0. The van der Waals surface area contributed by atoms with E-state index in [0.29, 0.717) is 29.9 Å². The molecule has 1 aliphatic rings. The van der Waals surface area contributed by atoms with Crippen LogP contribution in [-0.4, -0.2) is 20.6 Å². The van der Waals surface area contributed by atoms with Crippen molar-refractivity contribution >= 4 is 11.6 Å². The zero-order valence-corrected chi connectivity index (χ0v) is 14.3. The van der Waals surface area contributed by atoms with E-state index in [1.807, 2.05) is 42.8 Å². The molecule has 1 amide bonds. The number of hydrogen-bond acceptors (Lipinski definition) is 4. The second-order valence-corrected chi connectivity index (χ2v) is 6.67. The Labute approximate surface area is 145 Å². The van der Waals surface area contributed by atoms with E-state index in [1.165, 1.54) is 0 Å². The second-order valence-electron chi connectivity index (χ2n) is 6.67. The first kappa shape index (κ1) is 15.6. The third kappa shape index (κ3) is 3.47. The second kappa shape index (κ2) is 6.20. The number of carbonyl (C=O) groups is 1. The Morgan fingerprint density at radius 2 is 2.04 bits per heavy atom. The normalized spacial score (nSPS) is 13.8. The largest absolute Gasteiger partial charge is 0.339 e. The topological polar surface area (TPSA) is 73.0 Å². The molecular weight excluding hydrogens is 316 g/mol. The van der Waals surface area contributed by atoms with Crippen molar-refractivity contribution < 1.29 is 9.32 Å². The van der Waals surface area contributed by atoms with Crippen LogP contribution in [-0.2, 0) is 6.54 Å². The summed E-state index contributed by atoms with van der Waals surface area (Å²) in [6, 6.07) is 9.63. The first-order chi connectivity index (χ1) is 12.1. The Balaban J connectivity index is 1.50. The molecule has 1 N–H and O–H groups in total. The zero-order chi connectivity index (χ0) is 17.4. The third-order valence-corrected chi connectivity index (χ3v) is 4.26. The molecule has 1 aliphatic carbocycles. The van der Waals surface area contributed by atoms with Gasteiger partial charge in [-0.05, 0) is 62.1 Å². The molecule has 1 aromatic carbocycles. The zero-order valence-electron chi connectivity index (χ0n) is 14.3. The molecule has 0 aliphatic heterocycles. The first-order valence-electron chi connectivity index (χ1n) is 8.46. The Morgan fingerprint density at radius 3 is 2.76 bits per heavy atom. The molecule has 1 fully saturated rings. The lowest BCUT2D eigenvalue weighted by Crippen LogP contribution is -2.17. The lowest BCUT2D eigenvalue weighted by Gasteiger charge is -2.09. The van der Waals surface area contributed by atoms with Crippen molar-refractivity contribution in [1.29, 1.82) is 0 Å². The van der Waals surface area contributed by atoms with E-state index in [4.69, 9.17) is 4.52 Å². The standard InChI is InChI=1S/C19H20N4O2/c1-12-8-13(2)10-15(9-12)20-18(24)16-4-3-7-23(16)11-17-21-19(25-22-17)14-5-6-14/h3-4,7-10,14H,5-6,11H2,1-2H3,(H,20,24). The van der Waals surface area contributed by atoms with Crippen LogP contribution < -0.4 is 5.32 Å². The number of nitrogens with one attached hydrogen (secondary N) is 1. The van der Waals surface area contributed by atoms with Gasteiger partial charge in [-0.15, -0.1) is 0 Å². The molecule has 6 heteroatoms. The van der Waals surface area contributed by atoms with Gasteiger partial charge in [0, 0.05) is 17.8 Å². The van der Waals surface area contributed by atoms with E-state index in [2.05, 4.69) is 21.5 Å². The summed E-state index contributed by atoms with van der Waals surface area (Å²) in [7, 11) is 0. The number of amides is 1. The summed E-state index contributed by atoms with van der Waals surface area (Å²) in [5, 5.41) is 6.98. The molecule has 6 nitrogen and oxygen atoms in total. The van der Waals surface area contributed by atoms with Gasteiger partial charge in [0.25, 0.3) is 5.91 Å². The predicted octanol–water partition coefficient (Wildman–Crippen LogP) is 3.67. The number of nitrogens with zero attached hydrogens (tertiary/aromatic N) is 3. The molecule has 0 radical (unpaired) electrons. The molecule has 4 rings (SSSR count). The van der Waals surface area contributed by atoms with E-state index in [9.17, 15) is 4.79 Å². The molecule has 2 aromatic heterocycles. The van der Waals surface area contributed by atoms with Gasteiger partial charge in [-0.3, -0.25) is 4.79 Å². The molecule has 128 valence electrons. The lowest BCUT2D eigenvalue weighted by molar-refractivity contribution is 0.101. The Kier molecular flexibility index (Phi) is 3.87. The molecule has 25 heavy (non-hydrogen) atoms. The van der Waals surface area contributed by atoms with Crippen molar-refractivity contribution in [3.8, 4) is 0 Å². The van der Waals surface area contributed by atoms with E-state index in [0.717, 1.165) is 29.7 Å². The SMILES string of the molecule is Cc1cc(C)cc(NC(=O)c2cccn2Cc2noc(C3CC3)n2)c1. The van der Waals surface area contributed by atoms with E-state index in [1.54, 1.807) is 6.07 Å². The number of benzene rings is 1. The Bertz CT molecular complexity index is 901. The van der Waals surface area contributed by atoms with Gasteiger partial charge in [0.15, 0.2) is 5.82 Å². The summed E-state index contributed by atoms with van der Waals surface area (Å²) in [5.41, 5.74) is 3.60. The summed E-state index contributed by atoms with van der Waals surface area (Å²) in [6.45, 7) is 4.44. The van der Waals surface area contributed by atoms with Gasteiger partial charge < -0.3 is 14.4 Å². The average molecular weight is 336 g/mol. The molecule has 3 aromatic rings. The van der Waals surface area contributed by atoms with Crippen molar-refractivity contribution in [1.82, 2.24) is 14.7 Å². The highest BCUT2D eigenvalue weighted by molar-refractivity contribution is 6.03. The Morgan fingerprint density at radius 1 is 1.28 bits per heavy atom. The van der Waals surface area contributed by atoms with Crippen LogP contribution >= 0.6 is 0 Å². The molecule has 2 heterocycles. The number of carbonyl (C=O) groups excluding carboxylic acids is 1. The quantitative estimate of drug-likeness (QED) is 0.771. The van der Waals surface area contributed by atoms with Crippen LogP contribution in [0.2, 0.25) is 0 Å². The van der Waals surface area contributed by atoms with Gasteiger partial charge in [-0.25, -0.2) is 0 Å². The van der Waals surface area contributed by atoms with Gasteiger partial charge in [0.2, 0.25) is 5.89 Å². The lowest BCUT2D eigenvalue weighted by atomic mass is 10.1. The van der Waals surface area contributed by atoms with Gasteiger partial charge in [-0.1, -0.05) is 11.2 Å². The van der Waals surface area contributed by atoms with E-state index >= 15 is 0 Å². The number of hydrogen-bond donors (Lipinski definition) is 1. The highest BCUT2D eigenvalue weighted by Gasteiger charge is 2.29. The number of rotatable bonds is 5. The summed E-state index contributed by atoms with van der Waals surface area (Å²) in [6.07, 6.45) is 4.09. The van der Waals surface area contributed by atoms with Crippen molar-refractivity contribution in [2.45, 2.75) is 39.2 Å². The number of aromatic nitrogens is 3. The average Bonchev–Trinajstić information content (AvgIpc) is 3.11. The molecule has 0 bridgehead atoms. The molecule has 0 saturated heterocycles. The van der Waals surface area contributed by atoms with Crippen LogP contribution in [0.25, 0.3) is 0 Å². The third-order valence-electron chi connectivity index (χ3n) is 4.26. The summed E-state index contributed by atoms with van der Waals surface area (Å²) in [5.74, 6) is 1.58. The fraction of sp³-hybridized carbons (Fsp3) is 0.316. The Hall–Kier alpha value is -2.89. The summed E-state index contributed by atoms with van der Waals surface area (Å²) in [4.78, 5) is 17.1. The monoisotopic (exact) mass is 336 g/mol. The first-order valence-corrected chi connectivity index (χ1v) is 8.46. The van der Waals surface area contributed by atoms with Crippen LogP contribution in [0.1, 0.15) is 52.1 Å². The van der Waals surface area contributed by atoms with Crippen LogP contribution in [0.5, 0.6) is 0 Å². The number of anilines is 1. The van der Waals surface area contributed by atoms with Gasteiger partial charge in [0.1, 0.15) is 5.69 Å². The van der Waals surface area contributed by atoms with Gasteiger partial charge in [-0.2, -0.15) is 4.98 Å². The maximum Gasteiger partial charge on any atom is 0.272 e. The number of aryl methyl sites for hydroxylation is 2. The smallest absolute Gasteiger partial charge is 0.272 e. The van der Waals surface area contributed by atoms with Crippen molar-refractivity contribution in [3.63, 3.8) is 0 Å². The van der Waals surface area contributed by atoms with Crippen LogP contribution in [0, 0.1) is 13.8 Å². The molecule has 0 unspecified atom stereocenters. The highest BCUT2D eigenvalue weighted by Crippen LogP contribution is 2.38. The molecule has 0 spiro atoms. The minimum absolute atomic E-state index is 0.152. The minimum Gasteiger partial charge on any atom is -0.339 e. The molecule has 1 saturated carbocycles.